The van der Waals surface area contributed by atoms with Gasteiger partial charge in [0, 0.05) is 21.3 Å². The van der Waals surface area contributed by atoms with Crippen LogP contribution in [0.25, 0.3) is 22.8 Å². The molecule has 0 saturated heterocycles. The van der Waals surface area contributed by atoms with Gasteiger partial charge >= 0.3 is 0 Å². The summed E-state index contributed by atoms with van der Waals surface area (Å²) in [6, 6.07) is 13.5. The third-order valence-corrected chi connectivity index (χ3v) is 3.33. The van der Waals surface area contributed by atoms with Crippen molar-refractivity contribution in [1.29, 1.82) is 0 Å². The predicted molar refractivity (Wildman–Crippen MR) is 82.0 cm³/mol. The van der Waals surface area contributed by atoms with E-state index in [4.69, 9.17) is 10.3 Å². The highest BCUT2D eigenvalue weighted by Gasteiger charge is 2.11. The van der Waals surface area contributed by atoms with Crippen molar-refractivity contribution in [3.8, 4) is 22.8 Å². The maximum absolute atomic E-state index is 5.81. The Kier molecular flexibility index (Phi) is 3.28. The molecular weight excluding hydrogens is 318 g/mol. The molecule has 0 radical (unpaired) electrons. The molecule has 100 valence electrons. The Morgan fingerprint density at radius 3 is 2.70 bits per heavy atom. The quantitative estimate of drug-likeness (QED) is 0.720. The molecule has 2 aromatic carbocycles. The molecule has 0 atom stereocenters. The first kappa shape index (κ1) is 12.9. The molecule has 5 heteroatoms. The molecule has 0 aliphatic rings. The second-order valence-electron chi connectivity index (χ2n) is 4.57. The third kappa shape index (κ3) is 2.58. The first-order valence-electron chi connectivity index (χ1n) is 6.09. The summed E-state index contributed by atoms with van der Waals surface area (Å²) in [7, 11) is 0. The molecule has 4 nitrogen and oxygen atoms in total. The number of hydrogen-bond acceptors (Lipinski definition) is 4. The van der Waals surface area contributed by atoms with E-state index in [9.17, 15) is 0 Å². The van der Waals surface area contributed by atoms with Gasteiger partial charge in [0.05, 0.1) is 0 Å². The van der Waals surface area contributed by atoms with Gasteiger partial charge in [-0.25, -0.2) is 0 Å². The molecule has 0 amide bonds. The minimum atomic E-state index is 0.453. The number of anilines is 1. The van der Waals surface area contributed by atoms with Crippen LogP contribution in [-0.4, -0.2) is 10.1 Å². The van der Waals surface area contributed by atoms with Crippen molar-refractivity contribution >= 4 is 21.6 Å². The van der Waals surface area contributed by atoms with Gasteiger partial charge in [-0.15, -0.1) is 0 Å². The minimum Gasteiger partial charge on any atom is -0.399 e. The predicted octanol–water partition coefficient (Wildman–Crippen LogP) is 4.06. The van der Waals surface area contributed by atoms with E-state index in [-0.39, 0.29) is 0 Å². The molecule has 3 rings (SSSR count). The average Bonchev–Trinajstić information content (AvgIpc) is 2.87. The van der Waals surface area contributed by atoms with Crippen LogP contribution in [0.3, 0.4) is 0 Å². The molecule has 3 aromatic rings. The molecule has 1 aromatic heterocycles. The molecule has 0 unspecified atom stereocenters. The maximum Gasteiger partial charge on any atom is 0.258 e. The maximum atomic E-state index is 5.81. The van der Waals surface area contributed by atoms with E-state index in [0.717, 1.165) is 21.2 Å². The number of nitrogens with zero attached hydrogens (tertiary/aromatic N) is 2. The lowest BCUT2D eigenvalue weighted by atomic mass is 10.1. The number of rotatable bonds is 2. The lowest BCUT2D eigenvalue weighted by Gasteiger charge is -1.98. The molecule has 0 bridgehead atoms. The highest BCUT2D eigenvalue weighted by molar-refractivity contribution is 9.10. The van der Waals surface area contributed by atoms with E-state index in [1.165, 1.54) is 0 Å². The Balaban J connectivity index is 2.02. The zero-order valence-corrected chi connectivity index (χ0v) is 12.4. The van der Waals surface area contributed by atoms with Crippen molar-refractivity contribution in [1.82, 2.24) is 10.1 Å². The Labute approximate surface area is 124 Å². The van der Waals surface area contributed by atoms with Gasteiger partial charge in [-0.05, 0) is 31.2 Å². The Bertz CT molecular complexity index is 747. The van der Waals surface area contributed by atoms with Crippen molar-refractivity contribution < 1.29 is 4.52 Å². The Hall–Kier alpha value is -2.14. The largest absolute Gasteiger partial charge is 0.399 e. The standard InChI is InChI=1S/C15H12BrN3O/c1-9-3-2-4-10(5-9)14-18-15(20-19-14)11-6-12(16)8-13(17)7-11/h2-8H,17H2,1H3. The van der Waals surface area contributed by atoms with E-state index in [2.05, 4.69) is 26.1 Å². The molecule has 0 spiro atoms. The first-order valence-corrected chi connectivity index (χ1v) is 6.88. The fourth-order valence-corrected chi connectivity index (χ4v) is 2.49. The molecule has 2 N–H and O–H groups in total. The molecule has 0 aliphatic carbocycles. The summed E-state index contributed by atoms with van der Waals surface area (Å²) in [6.07, 6.45) is 0. The van der Waals surface area contributed by atoms with Gasteiger partial charge in [0.25, 0.3) is 5.89 Å². The lowest BCUT2D eigenvalue weighted by Crippen LogP contribution is -1.87. The number of hydrogen-bond donors (Lipinski definition) is 1. The summed E-state index contributed by atoms with van der Waals surface area (Å²) in [6.45, 7) is 2.03. The molecule has 0 saturated carbocycles. The van der Waals surface area contributed by atoms with Crippen LogP contribution >= 0.6 is 15.9 Å². The minimum absolute atomic E-state index is 0.453. The molecule has 0 aliphatic heterocycles. The zero-order chi connectivity index (χ0) is 14.1. The van der Waals surface area contributed by atoms with Gasteiger partial charge in [0.2, 0.25) is 5.82 Å². The fraction of sp³-hybridized carbons (Fsp3) is 0.0667. The normalized spacial score (nSPS) is 10.7. The average molecular weight is 330 g/mol. The highest BCUT2D eigenvalue weighted by Crippen LogP contribution is 2.27. The summed E-state index contributed by atoms with van der Waals surface area (Å²) < 4.78 is 6.20. The van der Waals surface area contributed by atoms with Gasteiger partial charge in [0.1, 0.15) is 0 Å². The number of aryl methyl sites for hydroxylation is 1. The van der Waals surface area contributed by atoms with E-state index in [0.29, 0.717) is 17.4 Å². The van der Waals surface area contributed by atoms with Crippen molar-refractivity contribution in [3.63, 3.8) is 0 Å². The summed E-state index contributed by atoms with van der Waals surface area (Å²) in [5.41, 5.74) is 9.34. The van der Waals surface area contributed by atoms with Crippen LogP contribution in [0.5, 0.6) is 0 Å². The first-order chi connectivity index (χ1) is 9.61. The van der Waals surface area contributed by atoms with Crippen LogP contribution in [0.1, 0.15) is 5.56 Å². The van der Waals surface area contributed by atoms with Crippen LogP contribution in [-0.2, 0) is 0 Å². The van der Waals surface area contributed by atoms with Gasteiger partial charge < -0.3 is 10.3 Å². The lowest BCUT2D eigenvalue weighted by molar-refractivity contribution is 0.432. The van der Waals surface area contributed by atoms with Crippen LogP contribution < -0.4 is 5.73 Å². The monoisotopic (exact) mass is 329 g/mol. The number of halogens is 1. The third-order valence-electron chi connectivity index (χ3n) is 2.87. The van der Waals surface area contributed by atoms with Crippen LogP contribution in [0, 0.1) is 6.92 Å². The number of benzene rings is 2. The van der Waals surface area contributed by atoms with Crippen LogP contribution in [0.2, 0.25) is 0 Å². The van der Waals surface area contributed by atoms with Crippen molar-refractivity contribution in [2.45, 2.75) is 6.92 Å². The summed E-state index contributed by atoms with van der Waals surface area (Å²) in [5, 5.41) is 4.02. The van der Waals surface area contributed by atoms with Crippen LogP contribution in [0.15, 0.2) is 51.5 Å². The summed E-state index contributed by atoms with van der Waals surface area (Å²) >= 11 is 3.40. The highest BCUT2D eigenvalue weighted by atomic mass is 79.9. The fourth-order valence-electron chi connectivity index (χ4n) is 1.98. The van der Waals surface area contributed by atoms with Gasteiger partial charge in [-0.1, -0.05) is 44.8 Å². The van der Waals surface area contributed by atoms with Gasteiger partial charge in [-0.3, -0.25) is 0 Å². The van der Waals surface area contributed by atoms with E-state index < -0.39 is 0 Å². The van der Waals surface area contributed by atoms with Crippen molar-refractivity contribution in [3.05, 3.63) is 52.5 Å². The summed E-state index contributed by atoms with van der Waals surface area (Å²) in [4.78, 5) is 4.42. The molecule has 20 heavy (non-hydrogen) atoms. The zero-order valence-electron chi connectivity index (χ0n) is 10.8. The molecular formula is C15H12BrN3O. The topological polar surface area (TPSA) is 64.9 Å². The number of aromatic nitrogens is 2. The van der Waals surface area contributed by atoms with Gasteiger partial charge in [-0.2, -0.15) is 4.98 Å². The molecule has 0 fully saturated rings. The number of nitrogens with two attached hydrogens (primary N) is 1. The Morgan fingerprint density at radius 2 is 1.95 bits per heavy atom. The molecule has 1 heterocycles. The van der Waals surface area contributed by atoms with Gasteiger partial charge in [0.15, 0.2) is 0 Å². The van der Waals surface area contributed by atoms with Crippen LogP contribution in [0.4, 0.5) is 5.69 Å². The van der Waals surface area contributed by atoms with E-state index in [1.54, 1.807) is 6.07 Å². The van der Waals surface area contributed by atoms with E-state index >= 15 is 0 Å². The Morgan fingerprint density at radius 1 is 1.10 bits per heavy atom. The van der Waals surface area contributed by atoms with E-state index in [1.807, 2.05) is 43.3 Å². The second kappa shape index (κ2) is 5.09. The second-order valence-corrected chi connectivity index (χ2v) is 5.48. The summed E-state index contributed by atoms with van der Waals surface area (Å²) in [5.74, 6) is 1.02. The number of nitrogen functional groups attached to an aromatic ring is 1. The van der Waals surface area contributed by atoms with Crippen molar-refractivity contribution in [2.75, 3.05) is 5.73 Å². The SMILES string of the molecule is Cc1cccc(-c2noc(-c3cc(N)cc(Br)c3)n2)c1. The smallest absolute Gasteiger partial charge is 0.258 e. The van der Waals surface area contributed by atoms with Crippen molar-refractivity contribution in [2.24, 2.45) is 0 Å².